The molecule has 0 spiro atoms. The van der Waals surface area contributed by atoms with E-state index in [1.807, 2.05) is 12.4 Å². The molecular weight excluding hydrogens is 248 g/mol. The number of nitrogens with one attached hydrogen (secondary N) is 1. The fraction of sp³-hybridized carbons (Fsp3) is 0.750. The van der Waals surface area contributed by atoms with Crippen molar-refractivity contribution in [3.63, 3.8) is 0 Å². The van der Waals surface area contributed by atoms with Crippen molar-refractivity contribution in [2.75, 3.05) is 18.0 Å². The Morgan fingerprint density at radius 1 is 1.20 bits per heavy atom. The van der Waals surface area contributed by atoms with Crippen LogP contribution in [0.3, 0.4) is 0 Å². The van der Waals surface area contributed by atoms with Crippen LogP contribution in [0.1, 0.15) is 51.0 Å². The second kappa shape index (κ2) is 6.53. The molecule has 110 valence electrons. The molecule has 2 fully saturated rings. The minimum atomic E-state index is 0.702. The molecule has 3 rings (SSSR count). The topological polar surface area (TPSA) is 41.1 Å². The van der Waals surface area contributed by atoms with Crippen molar-refractivity contribution >= 4 is 5.95 Å². The van der Waals surface area contributed by atoms with Gasteiger partial charge in [-0.1, -0.05) is 13.3 Å². The highest BCUT2D eigenvalue weighted by Crippen LogP contribution is 2.37. The highest BCUT2D eigenvalue weighted by Gasteiger charge is 2.35. The van der Waals surface area contributed by atoms with E-state index in [0.29, 0.717) is 6.04 Å². The van der Waals surface area contributed by atoms with E-state index >= 15 is 0 Å². The van der Waals surface area contributed by atoms with Gasteiger partial charge in [0.15, 0.2) is 0 Å². The lowest BCUT2D eigenvalue weighted by Gasteiger charge is -2.37. The predicted octanol–water partition coefficient (Wildman–Crippen LogP) is 2.75. The maximum atomic E-state index is 4.62. The summed E-state index contributed by atoms with van der Waals surface area (Å²) in [5.74, 6) is 1.83. The van der Waals surface area contributed by atoms with Crippen molar-refractivity contribution in [1.82, 2.24) is 15.3 Å². The summed E-state index contributed by atoms with van der Waals surface area (Å²) >= 11 is 0. The van der Waals surface area contributed by atoms with E-state index in [1.54, 1.807) is 0 Å². The van der Waals surface area contributed by atoms with Crippen molar-refractivity contribution < 1.29 is 0 Å². The molecule has 2 aliphatic rings. The third-order valence-corrected chi connectivity index (χ3v) is 4.70. The van der Waals surface area contributed by atoms with Crippen LogP contribution in [0.15, 0.2) is 12.4 Å². The lowest BCUT2D eigenvalue weighted by atomic mass is 9.92. The molecule has 4 heteroatoms. The van der Waals surface area contributed by atoms with Crippen LogP contribution in [0, 0.1) is 5.92 Å². The highest BCUT2D eigenvalue weighted by molar-refractivity contribution is 5.33. The minimum Gasteiger partial charge on any atom is -0.338 e. The molecule has 1 saturated carbocycles. The van der Waals surface area contributed by atoms with Gasteiger partial charge in [0.1, 0.15) is 0 Å². The van der Waals surface area contributed by atoms with Gasteiger partial charge in [-0.15, -0.1) is 0 Å². The molecule has 2 unspecified atom stereocenters. The molecule has 0 amide bonds. The van der Waals surface area contributed by atoms with Gasteiger partial charge in [0, 0.05) is 37.1 Å². The van der Waals surface area contributed by atoms with Gasteiger partial charge in [0.25, 0.3) is 0 Å². The maximum Gasteiger partial charge on any atom is 0.225 e. The first kappa shape index (κ1) is 13.8. The maximum absolute atomic E-state index is 4.62. The van der Waals surface area contributed by atoms with Crippen LogP contribution in [0.5, 0.6) is 0 Å². The summed E-state index contributed by atoms with van der Waals surface area (Å²) in [6, 6.07) is 0.702. The first-order chi connectivity index (χ1) is 9.88. The predicted molar refractivity (Wildman–Crippen MR) is 81.7 cm³/mol. The zero-order valence-corrected chi connectivity index (χ0v) is 12.5. The number of nitrogens with zero attached hydrogens (tertiary/aromatic N) is 3. The average Bonchev–Trinajstić information content (AvgIpc) is 2.97. The molecule has 0 bridgehead atoms. The van der Waals surface area contributed by atoms with Gasteiger partial charge in [-0.05, 0) is 44.6 Å². The van der Waals surface area contributed by atoms with Crippen LogP contribution in [-0.2, 0) is 6.54 Å². The van der Waals surface area contributed by atoms with E-state index in [9.17, 15) is 0 Å². The molecule has 1 aliphatic heterocycles. The summed E-state index contributed by atoms with van der Waals surface area (Å²) in [6.45, 7) is 5.24. The summed E-state index contributed by atoms with van der Waals surface area (Å²) < 4.78 is 0. The Morgan fingerprint density at radius 2 is 2.00 bits per heavy atom. The third kappa shape index (κ3) is 2.95. The lowest BCUT2D eigenvalue weighted by molar-refractivity contribution is 0.358. The van der Waals surface area contributed by atoms with Gasteiger partial charge < -0.3 is 10.2 Å². The van der Waals surface area contributed by atoms with Crippen LogP contribution >= 0.6 is 0 Å². The average molecular weight is 274 g/mol. The summed E-state index contributed by atoms with van der Waals surface area (Å²) in [6.07, 6.45) is 12.0. The van der Waals surface area contributed by atoms with Crippen molar-refractivity contribution in [1.29, 1.82) is 0 Å². The largest absolute Gasteiger partial charge is 0.338 e. The first-order valence-electron chi connectivity index (χ1n) is 8.16. The normalized spacial score (nSPS) is 25.8. The number of piperidine rings is 1. The van der Waals surface area contributed by atoms with Gasteiger partial charge in [0.05, 0.1) is 0 Å². The third-order valence-electron chi connectivity index (χ3n) is 4.70. The number of hydrogen-bond donors (Lipinski definition) is 1. The molecule has 1 saturated heterocycles. The Labute approximate surface area is 122 Å². The Hall–Kier alpha value is -1.16. The molecule has 0 radical (unpaired) electrons. The number of aromatic nitrogens is 2. The van der Waals surface area contributed by atoms with Crippen LogP contribution in [0.2, 0.25) is 0 Å². The zero-order chi connectivity index (χ0) is 13.8. The van der Waals surface area contributed by atoms with Crippen LogP contribution in [0.4, 0.5) is 5.95 Å². The van der Waals surface area contributed by atoms with E-state index < -0.39 is 0 Å². The molecule has 1 N–H and O–H groups in total. The SMILES string of the molecule is CCCNCc1cnc(N2CCCC3CCCC32)nc1. The van der Waals surface area contributed by atoms with E-state index in [0.717, 1.165) is 37.9 Å². The lowest BCUT2D eigenvalue weighted by Crippen LogP contribution is -2.43. The smallest absolute Gasteiger partial charge is 0.225 e. The van der Waals surface area contributed by atoms with Gasteiger partial charge in [-0.3, -0.25) is 0 Å². The van der Waals surface area contributed by atoms with Crippen LogP contribution in [0.25, 0.3) is 0 Å². The van der Waals surface area contributed by atoms with Crippen molar-refractivity contribution in [2.24, 2.45) is 5.92 Å². The summed E-state index contributed by atoms with van der Waals surface area (Å²) in [5, 5.41) is 3.39. The van der Waals surface area contributed by atoms with Gasteiger partial charge in [0.2, 0.25) is 5.95 Å². The number of hydrogen-bond acceptors (Lipinski definition) is 4. The molecule has 2 atom stereocenters. The quantitative estimate of drug-likeness (QED) is 0.838. The molecule has 4 nitrogen and oxygen atoms in total. The van der Waals surface area contributed by atoms with Crippen LogP contribution < -0.4 is 10.2 Å². The monoisotopic (exact) mass is 274 g/mol. The zero-order valence-electron chi connectivity index (χ0n) is 12.5. The van der Waals surface area contributed by atoms with Crippen LogP contribution in [-0.4, -0.2) is 29.1 Å². The second-order valence-corrected chi connectivity index (χ2v) is 6.16. The highest BCUT2D eigenvalue weighted by atomic mass is 15.3. The molecule has 1 aromatic rings. The Kier molecular flexibility index (Phi) is 4.51. The van der Waals surface area contributed by atoms with Gasteiger partial charge >= 0.3 is 0 Å². The molecule has 0 aromatic carbocycles. The van der Waals surface area contributed by atoms with Crippen molar-refractivity contribution in [2.45, 2.75) is 58.0 Å². The Balaban J connectivity index is 1.64. The second-order valence-electron chi connectivity index (χ2n) is 6.16. The number of fused-ring (bicyclic) bond motifs is 1. The molecular formula is C16H26N4. The van der Waals surface area contributed by atoms with Gasteiger partial charge in [-0.25, -0.2) is 9.97 Å². The Morgan fingerprint density at radius 3 is 2.80 bits per heavy atom. The van der Waals surface area contributed by atoms with E-state index in [-0.39, 0.29) is 0 Å². The van der Waals surface area contributed by atoms with Gasteiger partial charge in [-0.2, -0.15) is 0 Å². The molecule has 1 aromatic heterocycles. The van der Waals surface area contributed by atoms with Crippen molar-refractivity contribution in [3.05, 3.63) is 18.0 Å². The summed E-state index contributed by atoms with van der Waals surface area (Å²) in [7, 11) is 0. The standard InChI is InChI=1S/C16H26N4/c1-2-8-17-10-13-11-18-16(19-12-13)20-9-4-6-14-5-3-7-15(14)20/h11-12,14-15,17H,2-10H2,1H3. The molecule has 2 heterocycles. The van der Waals surface area contributed by atoms with E-state index in [2.05, 4.69) is 27.1 Å². The fourth-order valence-corrected chi connectivity index (χ4v) is 3.70. The van der Waals surface area contributed by atoms with E-state index in [1.165, 1.54) is 37.7 Å². The molecule has 1 aliphatic carbocycles. The fourth-order valence-electron chi connectivity index (χ4n) is 3.70. The number of rotatable bonds is 5. The Bertz CT molecular complexity index is 417. The molecule has 20 heavy (non-hydrogen) atoms. The van der Waals surface area contributed by atoms with Crippen molar-refractivity contribution in [3.8, 4) is 0 Å². The van der Waals surface area contributed by atoms with E-state index in [4.69, 9.17) is 0 Å². The number of anilines is 1. The first-order valence-corrected chi connectivity index (χ1v) is 8.16. The summed E-state index contributed by atoms with van der Waals surface area (Å²) in [4.78, 5) is 11.7. The summed E-state index contributed by atoms with van der Waals surface area (Å²) in [5.41, 5.74) is 1.18. The minimum absolute atomic E-state index is 0.702.